The van der Waals surface area contributed by atoms with Crippen LogP contribution in [0.15, 0.2) is 29.0 Å². The molecule has 18 heavy (non-hydrogen) atoms. The van der Waals surface area contributed by atoms with Crippen molar-refractivity contribution >= 4 is 5.69 Å². The second kappa shape index (κ2) is 5.67. The molecule has 0 aliphatic heterocycles. The Bertz CT molecular complexity index is 494. The monoisotopic (exact) mass is 245 g/mol. The molecule has 0 amide bonds. The lowest BCUT2D eigenvalue weighted by atomic mass is 10.0. The molecule has 0 saturated heterocycles. The first-order valence-electron chi connectivity index (χ1n) is 6.37. The highest BCUT2D eigenvalue weighted by molar-refractivity contribution is 5.58. The summed E-state index contributed by atoms with van der Waals surface area (Å²) < 4.78 is 5.29. The van der Waals surface area contributed by atoms with E-state index < -0.39 is 0 Å². The van der Waals surface area contributed by atoms with Crippen LogP contribution in [0.25, 0.3) is 0 Å². The van der Waals surface area contributed by atoms with Gasteiger partial charge in [-0.1, -0.05) is 32.0 Å². The van der Waals surface area contributed by atoms with E-state index >= 15 is 0 Å². The van der Waals surface area contributed by atoms with E-state index in [4.69, 9.17) is 4.42 Å². The number of hydrogen-bond acceptors (Lipinski definition) is 4. The highest BCUT2D eigenvalue weighted by atomic mass is 16.4. The molecule has 0 spiro atoms. The van der Waals surface area contributed by atoms with Crippen LogP contribution in [0.5, 0.6) is 0 Å². The number of aryl methyl sites for hydroxylation is 2. The summed E-state index contributed by atoms with van der Waals surface area (Å²) >= 11 is 0. The Hall–Kier alpha value is -1.84. The number of nitrogens with zero attached hydrogens (tertiary/aromatic N) is 2. The van der Waals surface area contributed by atoms with Crippen LogP contribution in [0.1, 0.15) is 43.3 Å². The molecule has 1 unspecified atom stereocenters. The lowest BCUT2D eigenvalue weighted by molar-refractivity contribution is 0.457. The number of benzene rings is 1. The van der Waals surface area contributed by atoms with Crippen molar-refractivity contribution in [2.75, 3.05) is 5.32 Å². The minimum Gasteiger partial charge on any atom is -0.426 e. The fourth-order valence-electron chi connectivity index (χ4n) is 2.08. The molecular weight excluding hydrogens is 226 g/mol. The minimum atomic E-state index is 0.0684. The zero-order chi connectivity index (χ0) is 13.0. The summed E-state index contributed by atoms with van der Waals surface area (Å²) in [6.07, 6.45) is 3.28. The summed E-state index contributed by atoms with van der Waals surface area (Å²) in [7, 11) is 0. The number of aromatic nitrogens is 2. The van der Waals surface area contributed by atoms with Crippen molar-refractivity contribution in [1.82, 2.24) is 10.2 Å². The van der Waals surface area contributed by atoms with Gasteiger partial charge in [-0.3, -0.25) is 0 Å². The van der Waals surface area contributed by atoms with Gasteiger partial charge >= 0.3 is 0 Å². The molecular formula is C14H19N3O. The zero-order valence-electron chi connectivity index (χ0n) is 11.1. The lowest BCUT2D eigenvalue weighted by Gasteiger charge is -2.19. The number of hydrogen-bond donors (Lipinski definition) is 1. The van der Waals surface area contributed by atoms with E-state index in [1.807, 2.05) is 0 Å². The summed E-state index contributed by atoms with van der Waals surface area (Å²) in [5, 5.41) is 11.3. The Morgan fingerprint density at radius 3 is 2.78 bits per heavy atom. The molecule has 96 valence electrons. The van der Waals surface area contributed by atoms with Crippen molar-refractivity contribution in [2.45, 2.75) is 39.7 Å². The van der Waals surface area contributed by atoms with Gasteiger partial charge < -0.3 is 9.73 Å². The van der Waals surface area contributed by atoms with E-state index in [2.05, 4.69) is 54.5 Å². The van der Waals surface area contributed by atoms with Crippen molar-refractivity contribution < 1.29 is 4.42 Å². The zero-order valence-corrected chi connectivity index (χ0v) is 11.1. The van der Waals surface area contributed by atoms with Crippen molar-refractivity contribution in [3.63, 3.8) is 0 Å². The Kier molecular flexibility index (Phi) is 3.97. The topological polar surface area (TPSA) is 51.0 Å². The summed E-state index contributed by atoms with van der Waals surface area (Å²) in [6.45, 7) is 6.38. The van der Waals surface area contributed by atoms with E-state index in [0.29, 0.717) is 5.89 Å². The first-order valence-corrected chi connectivity index (χ1v) is 6.37. The summed E-state index contributed by atoms with van der Waals surface area (Å²) in [5.74, 6) is 0.641. The Morgan fingerprint density at radius 2 is 2.17 bits per heavy atom. The lowest BCUT2D eigenvalue weighted by Crippen LogP contribution is -2.12. The fourth-order valence-corrected chi connectivity index (χ4v) is 2.08. The van der Waals surface area contributed by atoms with Crippen LogP contribution >= 0.6 is 0 Å². The van der Waals surface area contributed by atoms with Crippen molar-refractivity contribution in [3.05, 3.63) is 41.6 Å². The number of rotatable bonds is 5. The molecule has 0 bridgehead atoms. The molecule has 0 aliphatic carbocycles. The van der Waals surface area contributed by atoms with Crippen LogP contribution < -0.4 is 5.32 Å². The van der Waals surface area contributed by atoms with E-state index in [1.54, 1.807) is 0 Å². The van der Waals surface area contributed by atoms with Gasteiger partial charge in [0.15, 0.2) is 0 Å². The first kappa shape index (κ1) is 12.6. The van der Waals surface area contributed by atoms with E-state index in [-0.39, 0.29) is 6.04 Å². The van der Waals surface area contributed by atoms with Gasteiger partial charge in [-0.05, 0) is 30.9 Å². The molecule has 1 atom stereocenters. The average molecular weight is 245 g/mol. The number of para-hydroxylation sites is 1. The third-order valence-corrected chi connectivity index (χ3v) is 3.14. The Morgan fingerprint density at radius 1 is 1.33 bits per heavy atom. The Balaban J connectivity index is 2.27. The molecule has 1 N–H and O–H groups in total. The number of anilines is 1. The maximum atomic E-state index is 5.29. The molecule has 1 aromatic heterocycles. The number of nitrogens with one attached hydrogen (secondary N) is 1. The second-order valence-electron chi connectivity index (χ2n) is 4.34. The van der Waals surface area contributed by atoms with Gasteiger partial charge in [-0.2, -0.15) is 0 Å². The molecule has 0 aliphatic rings. The van der Waals surface area contributed by atoms with Crippen molar-refractivity contribution in [2.24, 2.45) is 0 Å². The molecule has 0 fully saturated rings. The molecule has 2 rings (SSSR count). The summed E-state index contributed by atoms with van der Waals surface area (Å²) in [6, 6.07) is 6.42. The van der Waals surface area contributed by atoms with Crippen LogP contribution in [-0.2, 0) is 6.42 Å². The van der Waals surface area contributed by atoms with E-state index in [1.165, 1.54) is 23.2 Å². The minimum absolute atomic E-state index is 0.0684. The SMILES string of the molecule is CCc1cccc(C)c1NC(CC)c1nnco1. The molecule has 0 saturated carbocycles. The fraction of sp³-hybridized carbons (Fsp3) is 0.429. The normalized spacial score (nSPS) is 12.4. The predicted octanol–water partition coefficient (Wildman–Crippen LogP) is 3.50. The standard InChI is InChI=1S/C14H19N3O/c1-4-11-8-6-7-10(3)13(11)16-12(5-2)14-17-15-9-18-14/h6-9,12,16H,4-5H2,1-3H3. The third kappa shape index (κ3) is 2.53. The van der Waals surface area contributed by atoms with Gasteiger partial charge in [0.25, 0.3) is 0 Å². The quantitative estimate of drug-likeness (QED) is 0.875. The van der Waals surface area contributed by atoms with Gasteiger partial charge in [0.05, 0.1) is 0 Å². The van der Waals surface area contributed by atoms with Crippen molar-refractivity contribution in [1.29, 1.82) is 0 Å². The second-order valence-corrected chi connectivity index (χ2v) is 4.34. The predicted molar refractivity (Wildman–Crippen MR) is 71.5 cm³/mol. The Labute approximate surface area is 107 Å². The van der Waals surface area contributed by atoms with Crippen LogP contribution in [0.2, 0.25) is 0 Å². The maximum Gasteiger partial charge on any atom is 0.238 e. The summed E-state index contributed by atoms with van der Waals surface area (Å²) in [5.41, 5.74) is 3.74. The average Bonchev–Trinajstić information content (AvgIpc) is 2.91. The third-order valence-electron chi connectivity index (χ3n) is 3.14. The largest absolute Gasteiger partial charge is 0.426 e. The van der Waals surface area contributed by atoms with E-state index in [0.717, 1.165) is 12.8 Å². The van der Waals surface area contributed by atoms with Crippen LogP contribution in [0.4, 0.5) is 5.69 Å². The molecule has 1 heterocycles. The highest BCUT2D eigenvalue weighted by Gasteiger charge is 2.16. The van der Waals surface area contributed by atoms with Crippen LogP contribution in [0.3, 0.4) is 0 Å². The van der Waals surface area contributed by atoms with Crippen LogP contribution in [-0.4, -0.2) is 10.2 Å². The van der Waals surface area contributed by atoms with Gasteiger partial charge in [0, 0.05) is 5.69 Å². The smallest absolute Gasteiger partial charge is 0.238 e. The first-order chi connectivity index (χ1) is 8.76. The van der Waals surface area contributed by atoms with Gasteiger partial charge in [0.1, 0.15) is 6.04 Å². The molecule has 2 aromatic rings. The van der Waals surface area contributed by atoms with Gasteiger partial charge in [0.2, 0.25) is 12.3 Å². The highest BCUT2D eigenvalue weighted by Crippen LogP contribution is 2.27. The molecule has 0 radical (unpaired) electrons. The van der Waals surface area contributed by atoms with Crippen molar-refractivity contribution in [3.8, 4) is 0 Å². The van der Waals surface area contributed by atoms with Gasteiger partial charge in [-0.25, -0.2) is 0 Å². The molecule has 1 aromatic carbocycles. The van der Waals surface area contributed by atoms with Gasteiger partial charge in [-0.15, -0.1) is 10.2 Å². The molecule has 4 nitrogen and oxygen atoms in total. The van der Waals surface area contributed by atoms with Crippen LogP contribution in [0, 0.1) is 6.92 Å². The maximum absolute atomic E-state index is 5.29. The van der Waals surface area contributed by atoms with E-state index in [9.17, 15) is 0 Å². The molecule has 4 heteroatoms. The summed E-state index contributed by atoms with van der Waals surface area (Å²) in [4.78, 5) is 0.